The molecule has 0 spiro atoms. The second-order valence-electron chi connectivity index (χ2n) is 3.11. The lowest BCUT2D eigenvalue weighted by atomic mass is 10.1. The summed E-state index contributed by atoms with van der Waals surface area (Å²) in [4.78, 5) is 0. The number of phenols is 1. The quantitative estimate of drug-likeness (QED) is 0.861. The minimum atomic E-state index is -1.30. The van der Waals surface area contributed by atoms with Gasteiger partial charge in [0.05, 0.1) is 3.57 Å². The highest BCUT2D eigenvalue weighted by molar-refractivity contribution is 14.1. The van der Waals surface area contributed by atoms with Crippen molar-refractivity contribution in [2.45, 2.75) is 0 Å². The third kappa shape index (κ3) is 2.23. The van der Waals surface area contributed by atoms with Crippen molar-refractivity contribution in [2.24, 2.45) is 0 Å². The number of phenolic OH excluding ortho intramolecular Hbond substituents is 1. The summed E-state index contributed by atoms with van der Waals surface area (Å²) in [5, 5.41) is 9.58. The van der Waals surface area contributed by atoms with Gasteiger partial charge in [-0.05, 0) is 23.3 Å². The van der Waals surface area contributed by atoms with Crippen molar-refractivity contribution < 1.29 is 8.18 Å². The van der Waals surface area contributed by atoms with E-state index in [1.165, 1.54) is 0 Å². The van der Waals surface area contributed by atoms with E-state index in [1.807, 2.05) is 36.4 Å². The molecular weight excluding hydrogens is 303 g/mol. The van der Waals surface area contributed by atoms with Gasteiger partial charge in [-0.3, -0.25) is 3.07 Å². The molecule has 0 aromatic heterocycles. The van der Waals surface area contributed by atoms with Crippen LogP contribution in [0, 0.1) is 3.57 Å². The molecule has 2 aromatic rings. The van der Waals surface area contributed by atoms with Gasteiger partial charge < -0.3 is 5.11 Å². The summed E-state index contributed by atoms with van der Waals surface area (Å²) in [6, 6.07) is 15.0. The molecule has 0 aliphatic rings. The van der Waals surface area contributed by atoms with Crippen LogP contribution < -0.4 is 0 Å². The van der Waals surface area contributed by atoms with Crippen molar-refractivity contribution in [2.75, 3.05) is 0 Å². The SMILES string of the molecule is O=Ic1ccc(-c2ccccc2)cc1O. The van der Waals surface area contributed by atoms with Crippen molar-refractivity contribution >= 4 is 21.2 Å². The average molecular weight is 312 g/mol. The molecule has 0 saturated carbocycles. The molecule has 0 radical (unpaired) electrons. The van der Waals surface area contributed by atoms with Gasteiger partial charge >= 0.3 is 0 Å². The summed E-state index contributed by atoms with van der Waals surface area (Å²) >= 11 is -1.30. The zero-order valence-electron chi connectivity index (χ0n) is 7.85. The fourth-order valence-corrected chi connectivity index (χ4v) is 2.10. The van der Waals surface area contributed by atoms with Gasteiger partial charge in [-0.2, -0.15) is 0 Å². The topological polar surface area (TPSA) is 37.3 Å². The van der Waals surface area contributed by atoms with Gasteiger partial charge in [0, 0.05) is 0 Å². The Balaban J connectivity index is 2.47. The molecule has 0 aliphatic carbocycles. The molecule has 0 heterocycles. The molecule has 0 amide bonds. The molecule has 2 nitrogen and oxygen atoms in total. The zero-order valence-corrected chi connectivity index (χ0v) is 10.0. The van der Waals surface area contributed by atoms with E-state index < -0.39 is 21.2 Å². The van der Waals surface area contributed by atoms with Crippen LogP contribution in [0.15, 0.2) is 48.5 Å². The largest absolute Gasteiger partial charge is 0.507 e. The number of benzene rings is 2. The molecule has 0 atom stereocenters. The molecule has 2 rings (SSSR count). The Kier molecular flexibility index (Phi) is 3.11. The van der Waals surface area contributed by atoms with Gasteiger partial charge in [-0.15, -0.1) is 0 Å². The van der Waals surface area contributed by atoms with Gasteiger partial charge in [-0.25, -0.2) is 0 Å². The first-order valence-electron chi connectivity index (χ1n) is 4.47. The third-order valence-corrected chi connectivity index (χ3v) is 3.52. The lowest BCUT2D eigenvalue weighted by Crippen LogP contribution is -1.79. The third-order valence-electron chi connectivity index (χ3n) is 2.14. The molecule has 0 aliphatic heterocycles. The molecule has 3 heteroatoms. The maximum atomic E-state index is 10.8. The van der Waals surface area contributed by atoms with E-state index in [1.54, 1.807) is 12.1 Å². The highest BCUT2D eigenvalue weighted by Gasteiger charge is 2.03. The van der Waals surface area contributed by atoms with E-state index in [0.29, 0.717) is 3.57 Å². The molecule has 0 fully saturated rings. The van der Waals surface area contributed by atoms with Crippen LogP contribution in [-0.4, -0.2) is 5.11 Å². The van der Waals surface area contributed by atoms with E-state index in [-0.39, 0.29) is 5.75 Å². The second kappa shape index (κ2) is 4.53. The highest BCUT2D eigenvalue weighted by Crippen LogP contribution is 2.28. The second-order valence-corrected chi connectivity index (χ2v) is 4.71. The summed E-state index contributed by atoms with van der Waals surface area (Å²) in [6.07, 6.45) is 0. The van der Waals surface area contributed by atoms with Crippen molar-refractivity contribution in [3.8, 4) is 16.9 Å². The van der Waals surface area contributed by atoms with Gasteiger partial charge in [0.15, 0.2) is 21.2 Å². The monoisotopic (exact) mass is 312 g/mol. The van der Waals surface area contributed by atoms with Gasteiger partial charge in [0.25, 0.3) is 0 Å². The van der Waals surface area contributed by atoms with Gasteiger partial charge in [0.2, 0.25) is 0 Å². The van der Waals surface area contributed by atoms with Crippen LogP contribution in [0.2, 0.25) is 0 Å². The van der Waals surface area contributed by atoms with Crippen LogP contribution >= 0.6 is 21.2 Å². The molecule has 2 aromatic carbocycles. The van der Waals surface area contributed by atoms with Crippen molar-refractivity contribution in [1.29, 1.82) is 0 Å². The molecule has 76 valence electrons. The first kappa shape index (κ1) is 10.3. The molecule has 0 bridgehead atoms. The van der Waals surface area contributed by atoms with Crippen LogP contribution in [0.25, 0.3) is 11.1 Å². The molecule has 0 unspecified atom stereocenters. The molecule has 1 N–H and O–H groups in total. The van der Waals surface area contributed by atoms with Crippen LogP contribution in [0.1, 0.15) is 0 Å². The summed E-state index contributed by atoms with van der Waals surface area (Å²) < 4.78 is 11.3. The van der Waals surface area contributed by atoms with Crippen LogP contribution in [0.5, 0.6) is 5.75 Å². The Morgan fingerprint density at radius 1 is 0.933 bits per heavy atom. The molecule has 0 saturated heterocycles. The molecular formula is C12H9IO2. The Bertz CT molecular complexity index is 480. The minimum absolute atomic E-state index is 0.124. The predicted octanol–water partition coefficient (Wildman–Crippen LogP) is 3.55. The number of aromatic hydroxyl groups is 1. The van der Waals surface area contributed by atoms with Crippen molar-refractivity contribution in [3.63, 3.8) is 0 Å². The van der Waals surface area contributed by atoms with Gasteiger partial charge in [-0.1, -0.05) is 36.4 Å². The van der Waals surface area contributed by atoms with E-state index in [4.69, 9.17) is 0 Å². The van der Waals surface area contributed by atoms with E-state index in [9.17, 15) is 8.18 Å². The van der Waals surface area contributed by atoms with Crippen LogP contribution in [0.3, 0.4) is 0 Å². The fourth-order valence-electron chi connectivity index (χ4n) is 1.39. The molecule has 15 heavy (non-hydrogen) atoms. The number of hydrogen-bond donors (Lipinski definition) is 1. The fraction of sp³-hybridized carbons (Fsp3) is 0. The lowest BCUT2D eigenvalue weighted by molar-refractivity contribution is 0.471. The maximum absolute atomic E-state index is 10.8. The summed E-state index contributed by atoms with van der Waals surface area (Å²) in [6.45, 7) is 0. The first-order valence-corrected chi connectivity index (χ1v) is 6.43. The van der Waals surface area contributed by atoms with Crippen LogP contribution in [0.4, 0.5) is 0 Å². The van der Waals surface area contributed by atoms with E-state index >= 15 is 0 Å². The summed E-state index contributed by atoms with van der Waals surface area (Å²) in [7, 11) is 0. The van der Waals surface area contributed by atoms with Crippen molar-refractivity contribution in [1.82, 2.24) is 0 Å². The minimum Gasteiger partial charge on any atom is -0.507 e. The van der Waals surface area contributed by atoms with E-state index in [2.05, 4.69) is 0 Å². The van der Waals surface area contributed by atoms with Crippen molar-refractivity contribution in [3.05, 3.63) is 52.1 Å². The lowest BCUT2D eigenvalue weighted by Gasteiger charge is -2.02. The highest BCUT2D eigenvalue weighted by atomic mass is 127. The Labute approximate surface area is 98.2 Å². The smallest absolute Gasteiger partial charge is 0.185 e. The summed E-state index contributed by atoms with van der Waals surface area (Å²) in [5.74, 6) is 0.124. The van der Waals surface area contributed by atoms with Crippen LogP contribution in [-0.2, 0) is 3.07 Å². The first-order chi connectivity index (χ1) is 7.31. The number of halogens is 1. The predicted molar refractivity (Wildman–Crippen MR) is 66.9 cm³/mol. The number of rotatable bonds is 2. The maximum Gasteiger partial charge on any atom is 0.185 e. The number of hydrogen-bond acceptors (Lipinski definition) is 2. The van der Waals surface area contributed by atoms with Gasteiger partial charge in [0.1, 0.15) is 5.75 Å². The standard InChI is InChI=1S/C12H9IO2/c14-12-8-10(6-7-11(12)13-15)9-4-2-1-3-5-9/h1-8,14H. The Hall–Kier alpha value is -1.23. The Morgan fingerprint density at radius 3 is 2.27 bits per heavy atom. The average Bonchev–Trinajstić information content (AvgIpc) is 2.30. The summed E-state index contributed by atoms with van der Waals surface area (Å²) in [5.41, 5.74) is 1.98. The Morgan fingerprint density at radius 2 is 1.67 bits per heavy atom. The normalized spacial score (nSPS) is 10.1. The van der Waals surface area contributed by atoms with E-state index in [0.717, 1.165) is 11.1 Å². The zero-order chi connectivity index (χ0) is 10.7.